The zero-order valence-electron chi connectivity index (χ0n) is 24.1. The summed E-state index contributed by atoms with van der Waals surface area (Å²) >= 11 is 3.44. The van der Waals surface area contributed by atoms with Gasteiger partial charge in [0.15, 0.2) is 0 Å². The minimum absolute atomic E-state index is 0.102. The molecular formula is C31H38BrN3O5S. The summed E-state index contributed by atoms with van der Waals surface area (Å²) in [7, 11) is -2.45. The highest BCUT2D eigenvalue weighted by molar-refractivity contribution is 9.10. The van der Waals surface area contributed by atoms with Gasteiger partial charge in [-0.3, -0.25) is 13.9 Å². The predicted molar refractivity (Wildman–Crippen MR) is 166 cm³/mol. The van der Waals surface area contributed by atoms with Crippen LogP contribution in [-0.4, -0.2) is 57.1 Å². The Balaban J connectivity index is 2.10. The first-order chi connectivity index (χ1) is 19.4. The maximum atomic E-state index is 14.2. The number of rotatable bonds is 13. The van der Waals surface area contributed by atoms with Crippen molar-refractivity contribution in [3.63, 3.8) is 0 Å². The van der Waals surface area contributed by atoms with Crippen molar-refractivity contribution in [2.45, 2.75) is 52.2 Å². The molecule has 1 N–H and O–H groups in total. The molecule has 0 fully saturated rings. The monoisotopic (exact) mass is 643 g/mol. The summed E-state index contributed by atoms with van der Waals surface area (Å²) in [5.74, 6) is -0.488. The molecule has 2 atom stereocenters. The van der Waals surface area contributed by atoms with Gasteiger partial charge in [-0.25, -0.2) is 8.42 Å². The Morgan fingerprint density at radius 3 is 2.24 bits per heavy atom. The normalized spacial score (nSPS) is 12.7. The van der Waals surface area contributed by atoms with Gasteiger partial charge in [-0.2, -0.15) is 0 Å². The second-order valence-corrected chi connectivity index (χ2v) is 12.9. The lowest BCUT2D eigenvalue weighted by Crippen LogP contribution is -2.54. The molecule has 0 saturated carbocycles. The third-order valence-corrected chi connectivity index (χ3v) is 8.48. The van der Waals surface area contributed by atoms with Crippen LogP contribution in [0.3, 0.4) is 0 Å². The molecule has 0 bridgehead atoms. The van der Waals surface area contributed by atoms with Crippen molar-refractivity contribution in [3.05, 3.63) is 94.0 Å². The van der Waals surface area contributed by atoms with E-state index in [0.29, 0.717) is 5.75 Å². The second-order valence-electron chi connectivity index (χ2n) is 10.1. The first kappa shape index (κ1) is 32.1. The van der Waals surface area contributed by atoms with Crippen LogP contribution in [-0.2, 0) is 32.6 Å². The summed E-state index contributed by atoms with van der Waals surface area (Å²) in [6.45, 7) is 5.33. The third kappa shape index (κ3) is 9.06. The number of carbonyl (C=O) groups excluding carboxylic acids is 2. The van der Waals surface area contributed by atoms with Gasteiger partial charge in [-0.05, 0) is 61.2 Å². The van der Waals surface area contributed by atoms with Crippen LogP contribution in [0.25, 0.3) is 0 Å². The first-order valence-corrected chi connectivity index (χ1v) is 16.1. The summed E-state index contributed by atoms with van der Waals surface area (Å²) in [5.41, 5.74) is 2.75. The summed E-state index contributed by atoms with van der Waals surface area (Å²) < 4.78 is 33.5. The molecule has 220 valence electrons. The van der Waals surface area contributed by atoms with Crippen LogP contribution >= 0.6 is 15.9 Å². The molecule has 41 heavy (non-hydrogen) atoms. The average molecular weight is 645 g/mol. The molecule has 3 aromatic rings. The van der Waals surface area contributed by atoms with Crippen LogP contribution in [0.5, 0.6) is 5.75 Å². The summed E-state index contributed by atoms with van der Waals surface area (Å²) in [6.07, 6.45) is 2.04. The van der Waals surface area contributed by atoms with Gasteiger partial charge in [-0.1, -0.05) is 71.4 Å². The standard InChI is InChI=1S/C31H38BrN3O5S/c1-6-23(3)33-31(37)28(19-24-10-8-7-9-11-24)34(20-25-13-15-26(32)16-14-25)30(36)21-35(41(5,38)39)27-18-22(2)12-17-29(27)40-4/h7-18,23,28H,6,19-21H2,1-5H3,(H,33,37). The average Bonchev–Trinajstić information content (AvgIpc) is 2.94. The Labute approximate surface area is 251 Å². The van der Waals surface area contributed by atoms with E-state index in [2.05, 4.69) is 21.2 Å². The number of ether oxygens (including phenoxy) is 1. The number of sulfonamides is 1. The zero-order valence-corrected chi connectivity index (χ0v) is 26.5. The van der Waals surface area contributed by atoms with Gasteiger partial charge >= 0.3 is 0 Å². The molecule has 10 heteroatoms. The molecular weight excluding hydrogens is 606 g/mol. The Bertz CT molecular complexity index is 1430. The van der Waals surface area contributed by atoms with E-state index in [1.807, 2.05) is 75.4 Å². The van der Waals surface area contributed by atoms with E-state index in [9.17, 15) is 18.0 Å². The Morgan fingerprint density at radius 1 is 1.00 bits per heavy atom. The molecule has 0 heterocycles. The van der Waals surface area contributed by atoms with Crippen molar-refractivity contribution in [2.24, 2.45) is 0 Å². The van der Waals surface area contributed by atoms with Gasteiger partial charge < -0.3 is 15.0 Å². The SMILES string of the molecule is CCC(C)NC(=O)C(Cc1ccccc1)N(Cc1ccc(Br)cc1)C(=O)CN(c1cc(C)ccc1OC)S(C)(=O)=O. The molecule has 0 aliphatic rings. The van der Waals surface area contributed by atoms with Crippen molar-refractivity contribution in [2.75, 3.05) is 24.2 Å². The van der Waals surface area contributed by atoms with E-state index in [-0.39, 0.29) is 30.6 Å². The number of methoxy groups -OCH3 is 1. The first-order valence-electron chi connectivity index (χ1n) is 13.4. The minimum Gasteiger partial charge on any atom is -0.495 e. The molecule has 0 saturated heterocycles. The third-order valence-electron chi connectivity index (χ3n) is 6.82. The number of aryl methyl sites for hydroxylation is 1. The number of amides is 2. The molecule has 8 nitrogen and oxygen atoms in total. The summed E-state index contributed by atoms with van der Waals surface area (Å²) in [6, 6.07) is 21.1. The number of carbonyl (C=O) groups is 2. The van der Waals surface area contributed by atoms with Gasteiger partial charge in [0.1, 0.15) is 18.3 Å². The highest BCUT2D eigenvalue weighted by Crippen LogP contribution is 2.31. The molecule has 3 aromatic carbocycles. The lowest BCUT2D eigenvalue weighted by Gasteiger charge is -2.34. The van der Waals surface area contributed by atoms with E-state index >= 15 is 0 Å². The number of halogens is 1. The molecule has 3 rings (SSSR count). The minimum atomic E-state index is -3.90. The number of hydrogen-bond acceptors (Lipinski definition) is 5. The highest BCUT2D eigenvalue weighted by atomic mass is 79.9. The van der Waals surface area contributed by atoms with E-state index in [1.54, 1.807) is 18.2 Å². The van der Waals surface area contributed by atoms with Gasteiger partial charge in [0, 0.05) is 23.5 Å². The van der Waals surface area contributed by atoms with E-state index in [4.69, 9.17) is 4.74 Å². The topological polar surface area (TPSA) is 96.0 Å². The van der Waals surface area contributed by atoms with Crippen LogP contribution in [0.15, 0.2) is 77.3 Å². The number of nitrogens with zero attached hydrogens (tertiary/aromatic N) is 2. The number of nitrogens with one attached hydrogen (secondary N) is 1. The molecule has 2 amide bonds. The van der Waals surface area contributed by atoms with Gasteiger partial charge in [0.2, 0.25) is 21.8 Å². The van der Waals surface area contributed by atoms with Gasteiger partial charge in [-0.15, -0.1) is 0 Å². The van der Waals surface area contributed by atoms with Crippen LogP contribution in [0.1, 0.15) is 37.0 Å². The molecule has 0 aliphatic heterocycles. The smallest absolute Gasteiger partial charge is 0.244 e. The number of anilines is 1. The fraction of sp³-hybridized carbons (Fsp3) is 0.355. The number of hydrogen-bond donors (Lipinski definition) is 1. The van der Waals surface area contributed by atoms with E-state index in [0.717, 1.165) is 38.1 Å². The van der Waals surface area contributed by atoms with Crippen molar-refractivity contribution in [1.82, 2.24) is 10.2 Å². The van der Waals surface area contributed by atoms with Crippen LogP contribution in [0, 0.1) is 6.92 Å². The van der Waals surface area contributed by atoms with Crippen molar-refractivity contribution in [1.29, 1.82) is 0 Å². The summed E-state index contributed by atoms with van der Waals surface area (Å²) in [5, 5.41) is 3.03. The fourth-order valence-electron chi connectivity index (χ4n) is 4.37. The highest BCUT2D eigenvalue weighted by Gasteiger charge is 2.34. The zero-order chi connectivity index (χ0) is 30.2. The van der Waals surface area contributed by atoms with E-state index < -0.39 is 28.5 Å². The molecule has 0 aliphatic carbocycles. The van der Waals surface area contributed by atoms with E-state index in [1.165, 1.54) is 12.0 Å². The lowest BCUT2D eigenvalue weighted by atomic mass is 10.0. The van der Waals surface area contributed by atoms with Gasteiger partial charge in [0.05, 0.1) is 19.1 Å². The van der Waals surface area contributed by atoms with Crippen LogP contribution < -0.4 is 14.4 Å². The largest absolute Gasteiger partial charge is 0.495 e. The molecule has 0 radical (unpaired) electrons. The Hall–Kier alpha value is -3.37. The maximum Gasteiger partial charge on any atom is 0.244 e. The second kappa shape index (κ2) is 14.5. The van der Waals surface area contributed by atoms with Crippen molar-refractivity contribution in [3.8, 4) is 5.75 Å². The Kier molecular flexibility index (Phi) is 11.4. The van der Waals surface area contributed by atoms with Gasteiger partial charge in [0.25, 0.3) is 0 Å². The molecule has 0 spiro atoms. The van der Waals surface area contributed by atoms with Crippen LogP contribution in [0.2, 0.25) is 0 Å². The number of benzene rings is 3. The maximum absolute atomic E-state index is 14.2. The van der Waals surface area contributed by atoms with Crippen molar-refractivity contribution < 1.29 is 22.7 Å². The van der Waals surface area contributed by atoms with Crippen molar-refractivity contribution >= 4 is 43.5 Å². The lowest BCUT2D eigenvalue weighted by molar-refractivity contribution is -0.140. The van der Waals surface area contributed by atoms with Crippen LogP contribution in [0.4, 0.5) is 5.69 Å². The quantitative estimate of drug-likeness (QED) is 0.280. The fourth-order valence-corrected chi connectivity index (χ4v) is 5.48. The Morgan fingerprint density at radius 2 is 1.66 bits per heavy atom. The predicted octanol–water partition coefficient (Wildman–Crippen LogP) is 5.09. The molecule has 0 aromatic heterocycles. The summed E-state index contributed by atoms with van der Waals surface area (Å²) in [4.78, 5) is 29.4. The molecule has 2 unspecified atom stereocenters.